The lowest BCUT2D eigenvalue weighted by Gasteiger charge is -2.27. The number of nitrogen functional groups attached to an aromatic ring is 1. The number of hydrogen-bond donors (Lipinski definition) is 2. The molecule has 1 aromatic rings. The molecule has 1 atom stereocenters. The number of methoxy groups -OCH3 is 1. The molecule has 0 spiro atoms. The Hall–Kier alpha value is -1.42. The summed E-state index contributed by atoms with van der Waals surface area (Å²) < 4.78 is 5.23. The number of likely N-dealkylation sites (N-methyl/N-ethyl adjacent to an activating group) is 1. The van der Waals surface area contributed by atoms with Crippen molar-refractivity contribution in [3.05, 3.63) is 18.2 Å². The third-order valence-corrected chi connectivity index (χ3v) is 2.88. The van der Waals surface area contributed by atoms with Gasteiger partial charge in [0.2, 0.25) is 0 Å². The number of anilines is 2. The van der Waals surface area contributed by atoms with Crippen molar-refractivity contribution >= 4 is 11.4 Å². The first kappa shape index (κ1) is 14.6. The molecule has 0 saturated heterocycles. The third-order valence-electron chi connectivity index (χ3n) is 2.88. The summed E-state index contributed by atoms with van der Waals surface area (Å²) in [6.07, 6.45) is 0. The van der Waals surface area contributed by atoms with E-state index in [2.05, 4.69) is 38.2 Å². The lowest BCUT2D eigenvalue weighted by atomic mass is 10.0. The van der Waals surface area contributed by atoms with E-state index in [0.29, 0.717) is 17.6 Å². The summed E-state index contributed by atoms with van der Waals surface area (Å²) in [5.74, 6) is 1.32. The van der Waals surface area contributed by atoms with Crippen molar-refractivity contribution in [2.24, 2.45) is 5.92 Å². The van der Waals surface area contributed by atoms with Crippen molar-refractivity contribution in [1.29, 1.82) is 0 Å². The molecule has 4 nitrogen and oxygen atoms in total. The van der Waals surface area contributed by atoms with Gasteiger partial charge in [-0.3, -0.25) is 0 Å². The molecule has 18 heavy (non-hydrogen) atoms. The molecule has 0 fully saturated rings. The molecule has 0 amide bonds. The highest BCUT2D eigenvalue weighted by Gasteiger charge is 2.14. The van der Waals surface area contributed by atoms with E-state index in [1.54, 1.807) is 7.11 Å². The van der Waals surface area contributed by atoms with Crippen LogP contribution in [-0.2, 0) is 0 Å². The van der Waals surface area contributed by atoms with E-state index in [4.69, 9.17) is 10.5 Å². The molecule has 0 bridgehead atoms. The Bertz CT molecular complexity index is 377. The topological polar surface area (TPSA) is 50.5 Å². The minimum atomic E-state index is 0.381. The quantitative estimate of drug-likeness (QED) is 0.762. The van der Waals surface area contributed by atoms with Gasteiger partial charge in [0.05, 0.1) is 7.11 Å². The van der Waals surface area contributed by atoms with Gasteiger partial charge in [-0.15, -0.1) is 0 Å². The van der Waals surface area contributed by atoms with Crippen molar-refractivity contribution in [2.45, 2.75) is 19.9 Å². The van der Waals surface area contributed by atoms with E-state index < -0.39 is 0 Å². The fourth-order valence-electron chi connectivity index (χ4n) is 1.85. The van der Waals surface area contributed by atoms with Crippen LogP contribution in [0.25, 0.3) is 0 Å². The van der Waals surface area contributed by atoms with Crippen LogP contribution in [0.3, 0.4) is 0 Å². The molecule has 0 saturated carbocycles. The minimum absolute atomic E-state index is 0.381. The molecule has 0 heterocycles. The highest BCUT2D eigenvalue weighted by atomic mass is 16.5. The van der Waals surface area contributed by atoms with Crippen LogP contribution < -0.4 is 15.8 Å². The van der Waals surface area contributed by atoms with E-state index in [1.165, 1.54) is 0 Å². The normalized spacial score (nSPS) is 12.8. The van der Waals surface area contributed by atoms with Gasteiger partial charge in [-0.1, -0.05) is 13.8 Å². The molecule has 0 radical (unpaired) electrons. The van der Waals surface area contributed by atoms with Gasteiger partial charge < -0.3 is 20.7 Å². The van der Waals surface area contributed by atoms with Crippen LogP contribution >= 0.6 is 0 Å². The number of nitrogens with two attached hydrogens (primary N) is 1. The molecular weight excluding hydrogens is 226 g/mol. The molecule has 0 aliphatic heterocycles. The van der Waals surface area contributed by atoms with Crippen LogP contribution in [0.1, 0.15) is 13.8 Å². The smallest absolute Gasteiger partial charge is 0.122 e. The standard InChI is InChI=1S/C14H25N3O/c1-10(2)14(9-17(3)4)16-12-6-11(15)7-13(8-12)18-5/h6-8,10,14,16H,9,15H2,1-5H3. The Morgan fingerprint density at radius 1 is 1.28 bits per heavy atom. The van der Waals surface area contributed by atoms with Gasteiger partial charge in [0.15, 0.2) is 0 Å². The van der Waals surface area contributed by atoms with Crippen LogP contribution in [0.15, 0.2) is 18.2 Å². The van der Waals surface area contributed by atoms with E-state index in [-0.39, 0.29) is 0 Å². The summed E-state index contributed by atoms with van der Waals surface area (Å²) in [6, 6.07) is 6.11. The zero-order valence-corrected chi connectivity index (χ0v) is 12.0. The maximum Gasteiger partial charge on any atom is 0.122 e. The third kappa shape index (κ3) is 4.45. The Morgan fingerprint density at radius 3 is 2.44 bits per heavy atom. The summed E-state index contributed by atoms with van der Waals surface area (Å²) >= 11 is 0. The Labute approximate surface area is 110 Å². The first-order valence-corrected chi connectivity index (χ1v) is 6.28. The van der Waals surface area contributed by atoms with Gasteiger partial charge in [-0.25, -0.2) is 0 Å². The highest BCUT2D eigenvalue weighted by molar-refractivity contribution is 5.59. The average Bonchev–Trinajstić information content (AvgIpc) is 2.26. The fraction of sp³-hybridized carbons (Fsp3) is 0.571. The summed E-state index contributed by atoms with van der Waals surface area (Å²) in [5.41, 5.74) is 7.58. The number of hydrogen-bond acceptors (Lipinski definition) is 4. The Kier molecular flexibility index (Phi) is 5.28. The first-order valence-electron chi connectivity index (χ1n) is 6.28. The lowest BCUT2D eigenvalue weighted by molar-refractivity contribution is 0.344. The van der Waals surface area contributed by atoms with Crippen LogP contribution in [0.2, 0.25) is 0 Å². The SMILES string of the molecule is COc1cc(N)cc(NC(CN(C)C)C(C)C)c1. The van der Waals surface area contributed by atoms with Crippen LogP contribution in [-0.4, -0.2) is 38.7 Å². The summed E-state index contributed by atoms with van der Waals surface area (Å²) in [4.78, 5) is 2.18. The summed E-state index contributed by atoms with van der Waals surface area (Å²) in [6.45, 7) is 5.41. The van der Waals surface area contributed by atoms with E-state index in [1.807, 2.05) is 18.2 Å². The summed E-state index contributed by atoms with van der Waals surface area (Å²) in [7, 11) is 5.81. The van der Waals surface area contributed by atoms with Crippen LogP contribution in [0, 0.1) is 5.92 Å². The summed E-state index contributed by atoms with van der Waals surface area (Å²) in [5, 5.41) is 3.52. The molecule has 1 aromatic carbocycles. The monoisotopic (exact) mass is 251 g/mol. The second-order valence-electron chi connectivity index (χ2n) is 5.25. The molecule has 4 heteroatoms. The van der Waals surface area contributed by atoms with E-state index in [0.717, 1.165) is 18.0 Å². The lowest BCUT2D eigenvalue weighted by Crippen LogP contribution is -2.36. The predicted octanol–water partition coefficient (Wildman–Crippen LogP) is 2.28. The number of nitrogens with one attached hydrogen (secondary N) is 1. The number of benzene rings is 1. The van der Waals surface area contributed by atoms with Crippen molar-refractivity contribution in [3.8, 4) is 5.75 Å². The molecule has 0 aromatic heterocycles. The molecule has 0 aliphatic carbocycles. The van der Waals surface area contributed by atoms with Gasteiger partial charge in [-0.2, -0.15) is 0 Å². The average molecular weight is 251 g/mol. The second kappa shape index (κ2) is 6.50. The van der Waals surface area contributed by atoms with Gasteiger partial charge in [0.25, 0.3) is 0 Å². The van der Waals surface area contributed by atoms with Crippen LogP contribution in [0.5, 0.6) is 5.75 Å². The van der Waals surface area contributed by atoms with Gasteiger partial charge in [0.1, 0.15) is 5.75 Å². The maximum atomic E-state index is 5.86. The van der Waals surface area contributed by atoms with Crippen molar-refractivity contribution in [2.75, 3.05) is 38.8 Å². The minimum Gasteiger partial charge on any atom is -0.497 e. The largest absolute Gasteiger partial charge is 0.497 e. The molecule has 3 N–H and O–H groups in total. The molecule has 102 valence electrons. The van der Waals surface area contributed by atoms with Gasteiger partial charge in [-0.05, 0) is 26.1 Å². The number of rotatable bonds is 6. The fourth-order valence-corrected chi connectivity index (χ4v) is 1.85. The van der Waals surface area contributed by atoms with Gasteiger partial charge >= 0.3 is 0 Å². The Morgan fingerprint density at radius 2 is 1.94 bits per heavy atom. The molecule has 1 unspecified atom stereocenters. The van der Waals surface area contributed by atoms with Crippen LogP contribution in [0.4, 0.5) is 11.4 Å². The maximum absolute atomic E-state index is 5.86. The van der Waals surface area contributed by atoms with Crippen molar-refractivity contribution in [3.63, 3.8) is 0 Å². The first-order chi connectivity index (χ1) is 8.42. The second-order valence-corrected chi connectivity index (χ2v) is 5.25. The van der Waals surface area contributed by atoms with Crippen molar-refractivity contribution < 1.29 is 4.74 Å². The predicted molar refractivity (Wildman–Crippen MR) is 78.2 cm³/mol. The molecule has 1 rings (SSSR count). The molecular formula is C14H25N3O. The Balaban J connectivity index is 2.82. The van der Waals surface area contributed by atoms with Crippen molar-refractivity contribution in [1.82, 2.24) is 4.90 Å². The van der Waals surface area contributed by atoms with E-state index >= 15 is 0 Å². The number of ether oxygens (including phenoxy) is 1. The van der Waals surface area contributed by atoms with E-state index in [9.17, 15) is 0 Å². The number of nitrogens with zero attached hydrogens (tertiary/aromatic N) is 1. The van der Waals surface area contributed by atoms with Gasteiger partial charge in [0, 0.05) is 36.1 Å². The highest BCUT2D eigenvalue weighted by Crippen LogP contribution is 2.23. The molecule has 0 aliphatic rings. The zero-order valence-electron chi connectivity index (χ0n) is 12.0. The zero-order chi connectivity index (χ0) is 13.7.